The Morgan fingerprint density at radius 1 is 1.22 bits per heavy atom. The van der Waals surface area contributed by atoms with Gasteiger partial charge in [0, 0.05) is 17.2 Å². The summed E-state index contributed by atoms with van der Waals surface area (Å²) in [6.45, 7) is 1.69. The van der Waals surface area contributed by atoms with Gasteiger partial charge in [-0.05, 0) is 36.8 Å². The first-order valence-corrected chi connectivity index (χ1v) is 8.24. The number of aromatic hydroxyl groups is 1. The number of carbonyl (C=O) groups is 1. The number of rotatable bonds is 2. The Labute approximate surface area is 157 Å². The number of hydrogen-bond donors (Lipinski definition) is 3. The maximum absolute atomic E-state index is 13.7. The predicted molar refractivity (Wildman–Crippen MR) is 97.8 cm³/mol. The second-order valence-corrected chi connectivity index (χ2v) is 6.46. The molecular formula is C19H12ClFN2O4. The van der Waals surface area contributed by atoms with Crippen LogP contribution in [0.2, 0.25) is 5.02 Å². The number of phenolic OH excluding ortho intramolecular Hbond substituents is 1. The molecule has 0 spiro atoms. The highest BCUT2D eigenvalue weighted by molar-refractivity contribution is 6.38. The molecule has 0 unspecified atom stereocenters. The van der Waals surface area contributed by atoms with Crippen LogP contribution in [0.3, 0.4) is 0 Å². The number of fused-ring (bicyclic) bond motifs is 1. The fraction of sp³-hybridized carbons (Fsp3) is 0.0526. The van der Waals surface area contributed by atoms with E-state index >= 15 is 0 Å². The standard InChI is InChI=1S/C19H12ClFN2O4/c1-8-4-16(27-23-8)18(25)17-11-6-10(9-2-3-15(24)13(21)5-9)12(20)7-14(11)22-19(17)26/h2-7,24-25H,1H3,(H,22,26)/b18-17+. The third-order valence-corrected chi connectivity index (χ3v) is 4.52. The lowest BCUT2D eigenvalue weighted by atomic mass is 9.98. The molecule has 0 saturated carbocycles. The third kappa shape index (κ3) is 2.82. The average molecular weight is 387 g/mol. The smallest absolute Gasteiger partial charge is 0.260 e. The van der Waals surface area contributed by atoms with E-state index in [0.29, 0.717) is 28.1 Å². The van der Waals surface area contributed by atoms with Gasteiger partial charge in [0.1, 0.15) is 0 Å². The quantitative estimate of drug-likeness (QED) is 0.444. The van der Waals surface area contributed by atoms with Gasteiger partial charge in [0.05, 0.1) is 22.0 Å². The van der Waals surface area contributed by atoms with Gasteiger partial charge in [0.2, 0.25) is 5.76 Å². The number of aliphatic hydroxyl groups is 1. The summed E-state index contributed by atoms with van der Waals surface area (Å²) in [4.78, 5) is 12.4. The zero-order valence-corrected chi connectivity index (χ0v) is 14.6. The van der Waals surface area contributed by atoms with E-state index in [9.17, 15) is 19.4 Å². The van der Waals surface area contributed by atoms with Crippen LogP contribution in [0.15, 0.2) is 40.9 Å². The molecule has 0 aliphatic carbocycles. The van der Waals surface area contributed by atoms with Gasteiger partial charge in [-0.2, -0.15) is 0 Å². The van der Waals surface area contributed by atoms with Crippen molar-refractivity contribution in [1.82, 2.24) is 5.16 Å². The molecule has 3 aromatic rings. The second kappa shape index (κ2) is 6.14. The van der Waals surface area contributed by atoms with E-state index < -0.39 is 17.5 Å². The van der Waals surface area contributed by atoms with Crippen molar-refractivity contribution in [3.05, 3.63) is 64.3 Å². The van der Waals surface area contributed by atoms with Gasteiger partial charge in [-0.3, -0.25) is 4.79 Å². The lowest BCUT2D eigenvalue weighted by Crippen LogP contribution is -2.05. The van der Waals surface area contributed by atoms with Crippen molar-refractivity contribution < 1.29 is 23.9 Å². The van der Waals surface area contributed by atoms with Crippen molar-refractivity contribution in [2.45, 2.75) is 6.92 Å². The number of aromatic nitrogens is 1. The molecule has 4 rings (SSSR count). The Morgan fingerprint density at radius 3 is 2.67 bits per heavy atom. The molecule has 136 valence electrons. The molecule has 1 aromatic heterocycles. The van der Waals surface area contributed by atoms with Crippen LogP contribution in [0.4, 0.5) is 10.1 Å². The number of hydrogen-bond acceptors (Lipinski definition) is 5. The number of aliphatic hydroxyl groups excluding tert-OH is 1. The van der Waals surface area contributed by atoms with Crippen LogP contribution in [0, 0.1) is 12.7 Å². The van der Waals surface area contributed by atoms with E-state index in [1.54, 1.807) is 13.0 Å². The summed E-state index contributed by atoms with van der Waals surface area (Å²) in [5.74, 6) is -2.11. The van der Waals surface area contributed by atoms with Crippen LogP contribution in [0.1, 0.15) is 17.0 Å². The molecule has 6 nitrogen and oxygen atoms in total. The highest BCUT2D eigenvalue weighted by Gasteiger charge is 2.31. The molecule has 0 atom stereocenters. The van der Waals surface area contributed by atoms with E-state index in [2.05, 4.69) is 10.5 Å². The van der Waals surface area contributed by atoms with Crippen molar-refractivity contribution in [1.29, 1.82) is 0 Å². The minimum Gasteiger partial charge on any atom is -0.505 e. The number of halogens is 2. The molecule has 1 aliphatic rings. The maximum Gasteiger partial charge on any atom is 0.260 e. The summed E-state index contributed by atoms with van der Waals surface area (Å²) in [5, 5.41) is 26.5. The fourth-order valence-corrected chi connectivity index (χ4v) is 3.19. The summed E-state index contributed by atoms with van der Waals surface area (Å²) in [5.41, 5.74) is 2.19. The van der Waals surface area contributed by atoms with E-state index in [1.807, 2.05) is 0 Å². The number of nitrogens with zero attached hydrogens (tertiary/aromatic N) is 1. The molecule has 1 amide bonds. The second-order valence-electron chi connectivity index (χ2n) is 6.05. The van der Waals surface area contributed by atoms with Crippen LogP contribution in [0.25, 0.3) is 22.5 Å². The summed E-state index contributed by atoms with van der Waals surface area (Å²) in [6, 6.07) is 8.43. The first kappa shape index (κ1) is 17.1. The first-order valence-electron chi connectivity index (χ1n) is 7.86. The monoisotopic (exact) mass is 386 g/mol. The highest BCUT2D eigenvalue weighted by Crippen LogP contribution is 2.42. The molecular weight excluding hydrogens is 375 g/mol. The van der Waals surface area contributed by atoms with Gasteiger partial charge in [0.15, 0.2) is 17.3 Å². The molecule has 0 bridgehead atoms. The molecule has 8 heteroatoms. The zero-order valence-electron chi connectivity index (χ0n) is 13.9. The average Bonchev–Trinajstić information content (AvgIpc) is 3.18. The largest absolute Gasteiger partial charge is 0.505 e. The number of aryl methyl sites for hydroxylation is 1. The molecule has 0 radical (unpaired) electrons. The normalized spacial score (nSPS) is 14.9. The molecule has 0 saturated heterocycles. The number of nitrogens with one attached hydrogen (secondary N) is 1. The Kier molecular flexibility index (Phi) is 3.89. The van der Waals surface area contributed by atoms with Crippen molar-refractivity contribution in [2.75, 3.05) is 5.32 Å². The molecule has 2 heterocycles. The van der Waals surface area contributed by atoms with Gasteiger partial charge >= 0.3 is 0 Å². The summed E-state index contributed by atoms with van der Waals surface area (Å²) < 4.78 is 18.8. The highest BCUT2D eigenvalue weighted by atomic mass is 35.5. The van der Waals surface area contributed by atoms with Gasteiger partial charge in [-0.15, -0.1) is 0 Å². The Balaban J connectivity index is 1.90. The molecule has 3 N–H and O–H groups in total. The lowest BCUT2D eigenvalue weighted by molar-refractivity contribution is -0.110. The number of phenols is 1. The van der Waals surface area contributed by atoms with E-state index in [1.165, 1.54) is 24.3 Å². The number of carbonyl (C=O) groups excluding carboxylic acids is 1. The minimum absolute atomic E-state index is 0.00156. The van der Waals surface area contributed by atoms with Crippen molar-refractivity contribution >= 4 is 34.5 Å². The maximum atomic E-state index is 13.7. The molecule has 1 aliphatic heterocycles. The van der Waals surface area contributed by atoms with E-state index in [4.69, 9.17) is 16.1 Å². The van der Waals surface area contributed by atoms with Crippen molar-refractivity contribution in [2.24, 2.45) is 0 Å². The van der Waals surface area contributed by atoms with Crippen LogP contribution in [0.5, 0.6) is 5.75 Å². The Morgan fingerprint density at radius 2 is 2.00 bits per heavy atom. The summed E-state index contributed by atoms with van der Waals surface area (Å²) >= 11 is 6.29. The van der Waals surface area contributed by atoms with Gasteiger partial charge < -0.3 is 20.1 Å². The number of benzene rings is 2. The summed E-state index contributed by atoms with van der Waals surface area (Å²) in [6.07, 6.45) is 0. The van der Waals surface area contributed by atoms with Crippen LogP contribution < -0.4 is 5.32 Å². The van der Waals surface area contributed by atoms with Crippen LogP contribution >= 0.6 is 11.6 Å². The Bertz CT molecular complexity index is 1140. The topological polar surface area (TPSA) is 95.6 Å². The lowest BCUT2D eigenvalue weighted by Gasteiger charge is -2.09. The molecule has 0 fully saturated rings. The third-order valence-electron chi connectivity index (χ3n) is 4.21. The SMILES string of the molecule is Cc1cc(/C(O)=C2\C(=O)Nc3cc(Cl)c(-c4ccc(O)c(F)c4)cc32)on1. The number of amides is 1. The first-order chi connectivity index (χ1) is 12.8. The Hall–Kier alpha value is -3.32. The molecule has 27 heavy (non-hydrogen) atoms. The summed E-state index contributed by atoms with van der Waals surface area (Å²) in [7, 11) is 0. The number of anilines is 1. The van der Waals surface area contributed by atoms with Crippen LogP contribution in [-0.2, 0) is 4.79 Å². The van der Waals surface area contributed by atoms with Gasteiger partial charge in [0.25, 0.3) is 5.91 Å². The van der Waals surface area contributed by atoms with E-state index in [-0.39, 0.29) is 22.1 Å². The van der Waals surface area contributed by atoms with Crippen molar-refractivity contribution in [3.63, 3.8) is 0 Å². The van der Waals surface area contributed by atoms with Crippen LogP contribution in [-0.4, -0.2) is 21.3 Å². The van der Waals surface area contributed by atoms with Gasteiger partial charge in [-0.25, -0.2) is 4.39 Å². The minimum atomic E-state index is -0.797. The van der Waals surface area contributed by atoms with E-state index in [0.717, 1.165) is 6.07 Å². The zero-order chi connectivity index (χ0) is 19.3. The van der Waals surface area contributed by atoms with Crippen molar-refractivity contribution in [3.8, 4) is 16.9 Å². The van der Waals surface area contributed by atoms with Gasteiger partial charge in [-0.1, -0.05) is 22.8 Å². The predicted octanol–water partition coefficient (Wildman–Crippen LogP) is 4.53. The molecule has 2 aromatic carbocycles. The fourth-order valence-electron chi connectivity index (χ4n) is 2.92.